The van der Waals surface area contributed by atoms with Gasteiger partial charge in [-0.2, -0.15) is 0 Å². The van der Waals surface area contributed by atoms with Crippen LogP contribution < -0.4 is 5.32 Å². The third kappa shape index (κ3) is 6.29. The van der Waals surface area contributed by atoms with E-state index in [0.29, 0.717) is 12.0 Å². The molecule has 1 fully saturated rings. The van der Waals surface area contributed by atoms with E-state index in [1.165, 1.54) is 16.7 Å². The van der Waals surface area contributed by atoms with Crippen molar-refractivity contribution in [1.82, 2.24) is 15.1 Å². The van der Waals surface area contributed by atoms with E-state index in [1.54, 1.807) is 0 Å². The summed E-state index contributed by atoms with van der Waals surface area (Å²) in [4.78, 5) is 5.35. The Kier molecular flexibility index (Phi) is 8.49. The highest BCUT2D eigenvalue weighted by molar-refractivity contribution is 5.32. The highest BCUT2D eigenvalue weighted by Crippen LogP contribution is 2.28. The molecule has 3 aromatic carbocycles. The molecule has 0 unspecified atom stereocenters. The first-order chi connectivity index (χ1) is 15.8. The molecule has 1 N–H and O–H groups in total. The third-order valence-corrected chi connectivity index (χ3v) is 6.82. The van der Waals surface area contributed by atoms with Gasteiger partial charge >= 0.3 is 0 Å². The van der Waals surface area contributed by atoms with Crippen LogP contribution in [-0.4, -0.2) is 62.2 Å². The van der Waals surface area contributed by atoms with Gasteiger partial charge in [-0.25, -0.2) is 0 Å². The molecule has 1 aliphatic heterocycles. The molecule has 4 rings (SSSR count). The zero-order valence-corrected chi connectivity index (χ0v) is 19.4. The smallest absolute Gasteiger partial charge is 0.0261 e. The van der Waals surface area contributed by atoms with Crippen LogP contribution in [0.4, 0.5) is 0 Å². The number of nitrogens with zero attached hydrogens (tertiary/aromatic N) is 2. The van der Waals surface area contributed by atoms with Crippen molar-refractivity contribution in [3.05, 3.63) is 108 Å². The number of likely N-dealkylation sites (N-methyl/N-ethyl adjacent to an activating group) is 1. The average molecular weight is 428 g/mol. The number of benzene rings is 3. The molecule has 1 aliphatic rings. The first-order valence-corrected chi connectivity index (χ1v) is 12.1. The molecule has 0 saturated carbocycles. The lowest BCUT2D eigenvalue weighted by molar-refractivity contribution is 0.0943. The molecule has 0 spiro atoms. The summed E-state index contributed by atoms with van der Waals surface area (Å²) in [5, 5.41) is 3.42. The lowest BCUT2D eigenvalue weighted by Gasteiger charge is -2.40. The number of piperazine rings is 1. The van der Waals surface area contributed by atoms with Gasteiger partial charge in [-0.1, -0.05) is 91.0 Å². The van der Waals surface area contributed by atoms with Crippen LogP contribution >= 0.6 is 0 Å². The molecule has 3 aromatic rings. The summed E-state index contributed by atoms with van der Waals surface area (Å²) >= 11 is 0. The summed E-state index contributed by atoms with van der Waals surface area (Å²) in [6.07, 6.45) is 2.28. The Bertz CT molecular complexity index is 850. The quantitative estimate of drug-likeness (QED) is 0.508. The molecule has 1 atom stereocenters. The minimum atomic E-state index is 0.463. The minimum Gasteiger partial charge on any atom is -0.318 e. The molecular formula is C29H37N3. The molecular weight excluding hydrogens is 390 g/mol. The van der Waals surface area contributed by atoms with Crippen LogP contribution in [0.1, 0.15) is 29.0 Å². The molecule has 32 heavy (non-hydrogen) atoms. The van der Waals surface area contributed by atoms with Crippen molar-refractivity contribution in [1.29, 1.82) is 0 Å². The summed E-state index contributed by atoms with van der Waals surface area (Å²) < 4.78 is 0. The summed E-state index contributed by atoms with van der Waals surface area (Å²) in [7, 11) is 2.07. The highest BCUT2D eigenvalue weighted by atomic mass is 15.3. The molecule has 0 amide bonds. The van der Waals surface area contributed by atoms with E-state index in [2.05, 4.69) is 113 Å². The van der Waals surface area contributed by atoms with E-state index in [0.717, 1.165) is 52.1 Å². The van der Waals surface area contributed by atoms with Crippen LogP contribution in [0.2, 0.25) is 0 Å². The fourth-order valence-corrected chi connectivity index (χ4v) is 5.01. The van der Waals surface area contributed by atoms with E-state index in [9.17, 15) is 0 Å². The lowest BCUT2D eigenvalue weighted by atomic mass is 9.88. The molecule has 0 aromatic heterocycles. The average Bonchev–Trinajstić information content (AvgIpc) is 2.86. The van der Waals surface area contributed by atoms with Crippen molar-refractivity contribution in [2.75, 3.05) is 46.3 Å². The molecule has 1 saturated heterocycles. The number of hydrogen-bond donors (Lipinski definition) is 1. The normalized spacial score (nSPS) is 16.3. The molecule has 0 aliphatic carbocycles. The first kappa shape index (κ1) is 22.7. The summed E-state index contributed by atoms with van der Waals surface area (Å²) in [5.41, 5.74) is 4.28. The van der Waals surface area contributed by atoms with Crippen LogP contribution in [0.5, 0.6) is 0 Å². The van der Waals surface area contributed by atoms with E-state index < -0.39 is 0 Å². The lowest BCUT2D eigenvalue weighted by Crippen LogP contribution is -2.53. The molecule has 1 heterocycles. The predicted molar refractivity (Wildman–Crippen MR) is 135 cm³/mol. The molecule has 0 radical (unpaired) electrons. The summed E-state index contributed by atoms with van der Waals surface area (Å²) in [6, 6.07) is 33.5. The Morgan fingerprint density at radius 3 is 1.78 bits per heavy atom. The van der Waals surface area contributed by atoms with Crippen molar-refractivity contribution in [3.63, 3.8) is 0 Å². The van der Waals surface area contributed by atoms with Crippen molar-refractivity contribution in [2.24, 2.45) is 0 Å². The van der Waals surface area contributed by atoms with Gasteiger partial charge in [0, 0.05) is 44.7 Å². The Morgan fingerprint density at radius 1 is 0.719 bits per heavy atom. The zero-order chi connectivity index (χ0) is 22.0. The second-order valence-electron chi connectivity index (χ2n) is 8.94. The van der Waals surface area contributed by atoms with Gasteiger partial charge in [0.2, 0.25) is 0 Å². The SMILES string of the molecule is CNC[C@@H](Cc1ccccc1)N1CCN(CCC(c2ccccc2)c2ccccc2)CC1. The fraction of sp³-hybridized carbons (Fsp3) is 0.379. The maximum Gasteiger partial charge on any atom is 0.0261 e. The molecule has 0 bridgehead atoms. The van der Waals surface area contributed by atoms with Gasteiger partial charge in [0.25, 0.3) is 0 Å². The van der Waals surface area contributed by atoms with Crippen molar-refractivity contribution in [2.45, 2.75) is 24.8 Å². The van der Waals surface area contributed by atoms with Gasteiger partial charge in [0.05, 0.1) is 0 Å². The predicted octanol–water partition coefficient (Wildman–Crippen LogP) is 4.66. The second kappa shape index (κ2) is 12.0. The summed E-state index contributed by atoms with van der Waals surface area (Å²) in [6.45, 7) is 6.81. The van der Waals surface area contributed by atoms with Gasteiger partial charge in [-0.15, -0.1) is 0 Å². The van der Waals surface area contributed by atoms with E-state index in [4.69, 9.17) is 0 Å². The molecule has 3 heteroatoms. The van der Waals surface area contributed by atoms with Crippen LogP contribution in [0.25, 0.3) is 0 Å². The van der Waals surface area contributed by atoms with Gasteiger partial charge < -0.3 is 10.2 Å². The Balaban J connectivity index is 1.33. The van der Waals surface area contributed by atoms with Gasteiger partial charge in [-0.05, 0) is 43.1 Å². The van der Waals surface area contributed by atoms with Crippen molar-refractivity contribution in [3.8, 4) is 0 Å². The third-order valence-electron chi connectivity index (χ3n) is 6.82. The summed E-state index contributed by atoms with van der Waals surface area (Å²) in [5.74, 6) is 0.463. The molecule has 3 nitrogen and oxygen atoms in total. The highest BCUT2D eigenvalue weighted by Gasteiger charge is 2.24. The zero-order valence-electron chi connectivity index (χ0n) is 19.4. The Morgan fingerprint density at radius 2 is 1.25 bits per heavy atom. The van der Waals surface area contributed by atoms with Gasteiger partial charge in [-0.3, -0.25) is 4.90 Å². The Labute approximate surface area is 194 Å². The standard InChI is InChI=1S/C29H37N3/c1-30-24-28(23-25-11-5-2-6-12-25)32-21-19-31(20-22-32)18-17-29(26-13-7-3-8-14-26)27-15-9-4-10-16-27/h2-16,28-30H,17-24H2,1H3/t28-/m1/s1. The maximum absolute atomic E-state index is 3.42. The van der Waals surface area contributed by atoms with Crippen LogP contribution in [0.3, 0.4) is 0 Å². The monoisotopic (exact) mass is 427 g/mol. The van der Waals surface area contributed by atoms with Crippen LogP contribution in [0, 0.1) is 0 Å². The topological polar surface area (TPSA) is 18.5 Å². The first-order valence-electron chi connectivity index (χ1n) is 12.1. The van der Waals surface area contributed by atoms with Crippen LogP contribution in [-0.2, 0) is 6.42 Å². The maximum atomic E-state index is 3.42. The minimum absolute atomic E-state index is 0.463. The van der Waals surface area contributed by atoms with Crippen molar-refractivity contribution < 1.29 is 0 Å². The number of hydrogen-bond acceptors (Lipinski definition) is 3. The fourth-order valence-electron chi connectivity index (χ4n) is 5.01. The van der Waals surface area contributed by atoms with Gasteiger partial charge in [0.1, 0.15) is 0 Å². The van der Waals surface area contributed by atoms with E-state index >= 15 is 0 Å². The van der Waals surface area contributed by atoms with E-state index in [1.807, 2.05) is 0 Å². The Hall–Kier alpha value is -2.46. The number of rotatable bonds is 10. The number of nitrogens with one attached hydrogen (secondary N) is 1. The molecule has 168 valence electrons. The van der Waals surface area contributed by atoms with Gasteiger partial charge in [0.15, 0.2) is 0 Å². The second-order valence-corrected chi connectivity index (χ2v) is 8.94. The van der Waals surface area contributed by atoms with Crippen molar-refractivity contribution >= 4 is 0 Å². The van der Waals surface area contributed by atoms with E-state index in [-0.39, 0.29) is 0 Å². The largest absolute Gasteiger partial charge is 0.318 e. The van der Waals surface area contributed by atoms with Crippen LogP contribution in [0.15, 0.2) is 91.0 Å².